The summed E-state index contributed by atoms with van der Waals surface area (Å²) in [6.07, 6.45) is 0.315. The van der Waals surface area contributed by atoms with Crippen LogP contribution in [-0.2, 0) is 22.6 Å². The number of benzene rings is 3. The quantitative estimate of drug-likeness (QED) is 0.466. The second-order valence-corrected chi connectivity index (χ2v) is 6.72. The molecule has 0 aromatic heterocycles. The van der Waals surface area contributed by atoms with Crippen molar-refractivity contribution >= 4 is 23.5 Å². The van der Waals surface area contributed by atoms with E-state index in [-0.39, 0.29) is 11.8 Å². The third-order valence-electron chi connectivity index (χ3n) is 4.24. The van der Waals surface area contributed by atoms with Crippen molar-refractivity contribution in [1.29, 1.82) is 0 Å². The minimum atomic E-state index is -0.449. The topological polar surface area (TPSA) is 84.5 Å². The second-order valence-electron chi connectivity index (χ2n) is 6.72. The molecule has 152 valence electrons. The summed E-state index contributed by atoms with van der Waals surface area (Å²) >= 11 is 0. The van der Waals surface area contributed by atoms with Crippen LogP contribution in [-0.4, -0.2) is 17.8 Å². The molecule has 2 amide bonds. The van der Waals surface area contributed by atoms with Gasteiger partial charge >= 0.3 is 5.97 Å². The van der Waals surface area contributed by atoms with Crippen LogP contribution in [0.4, 0.5) is 5.69 Å². The lowest BCUT2D eigenvalue weighted by Gasteiger charge is -2.10. The van der Waals surface area contributed by atoms with Crippen LogP contribution in [0.25, 0.3) is 0 Å². The van der Waals surface area contributed by atoms with E-state index in [1.165, 1.54) is 13.0 Å². The number of rotatable bonds is 7. The van der Waals surface area contributed by atoms with E-state index in [0.717, 1.165) is 11.1 Å². The molecule has 0 aliphatic carbocycles. The molecule has 3 rings (SSSR count). The van der Waals surface area contributed by atoms with Crippen molar-refractivity contribution < 1.29 is 19.1 Å². The highest BCUT2D eigenvalue weighted by Gasteiger charge is 2.09. The fourth-order valence-corrected chi connectivity index (χ4v) is 2.87. The van der Waals surface area contributed by atoms with E-state index in [1.807, 2.05) is 42.5 Å². The second kappa shape index (κ2) is 10.0. The number of esters is 1. The Hall–Kier alpha value is -3.93. The zero-order chi connectivity index (χ0) is 21.3. The molecule has 0 atom stereocenters. The first-order chi connectivity index (χ1) is 14.5. The summed E-state index contributed by atoms with van der Waals surface area (Å²) in [5.41, 5.74) is 2.79. The van der Waals surface area contributed by atoms with Gasteiger partial charge < -0.3 is 15.4 Å². The predicted molar refractivity (Wildman–Crippen MR) is 114 cm³/mol. The molecule has 0 radical (unpaired) electrons. The monoisotopic (exact) mass is 402 g/mol. The van der Waals surface area contributed by atoms with Crippen LogP contribution in [0.15, 0.2) is 78.9 Å². The minimum absolute atomic E-state index is 0.0714. The number of ether oxygens (including phenoxy) is 1. The lowest BCUT2D eigenvalue weighted by atomic mass is 10.1. The summed E-state index contributed by atoms with van der Waals surface area (Å²) in [5.74, 6) is -0.535. The molecular weight excluding hydrogens is 380 g/mol. The third-order valence-corrected chi connectivity index (χ3v) is 4.24. The van der Waals surface area contributed by atoms with Crippen LogP contribution in [0.1, 0.15) is 28.4 Å². The van der Waals surface area contributed by atoms with Gasteiger partial charge in [0.2, 0.25) is 5.91 Å². The molecule has 0 aliphatic heterocycles. The van der Waals surface area contributed by atoms with Crippen molar-refractivity contribution in [2.45, 2.75) is 19.9 Å². The SMILES string of the molecule is CC(=O)Oc1cccc(C(=O)Nc2cccc(CNC(=O)Cc3ccccc3)c2)c1. The Bertz CT molecular complexity index is 1050. The number of hydrogen-bond acceptors (Lipinski definition) is 4. The van der Waals surface area contributed by atoms with Gasteiger partial charge in [-0.1, -0.05) is 48.5 Å². The minimum Gasteiger partial charge on any atom is -0.427 e. The summed E-state index contributed by atoms with van der Waals surface area (Å²) in [4.78, 5) is 35.7. The maximum Gasteiger partial charge on any atom is 0.308 e. The summed E-state index contributed by atoms with van der Waals surface area (Å²) in [6.45, 7) is 1.66. The van der Waals surface area contributed by atoms with Crippen LogP contribution in [0.3, 0.4) is 0 Å². The van der Waals surface area contributed by atoms with Gasteiger partial charge in [-0.2, -0.15) is 0 Å². The Labute approximate surface area is 174 Å². The van der Waals surface area contributed by atoms with Gasteiger partial charge in [0, 0.05) is 24.7 Å². The molecule has 30 heavy (non-hydrogen) atoms. The van der Waals surface area contributed by atoms with Crippen molar-refractivity contribution in [3.63, 3.8) is 0 Å². The number of amides is 2. The summed E-state index contributed by atoms with van der Waals surface area (Å²) in [7, 11) is 0. The first-order valence-electron chi connectivity index (χ1n) is 9.49. The molecule has 6 heteroatoms. The normalized spacial score (nSPS) is 10.2. The van der Waals surface area contributed by atoms with E-state index >= 15 is 0 Å². The van der Waals surface area contributed by atoms with Crippen molar-refractivity contribution in [2.75, 3.05) is 5.32 Å². The van der Waals surface area contributed by atoms with Crippen LogP contribution in [0, 0.1) is 0 Å². The zero-order valence-electron chi connectivity index (χ0n) is 16.6. The van der Waals surface area contributed by atoms with E-state index in [0.29, 0.717) is 30.0 Å². The van der Waals surface area contributed by atoms with Gasteiger partial charge in [-0.15, -0.1) is 0 Å². The fourth-order valence-electron chi connectivity index (χ4n) is 2.87. The number of nitrogens with one attached hydrogen (secondary N) is 2. The Balaban J connectivity index is 1.58. The largest absolute Gasteiger partial charge is 0.427 e. The smallest absolute Gasteiger partial charge is 0.308 e. The van der Waals surface area contributed by atoms with Crippen molar-refractivity contribution in [3.8, 4) is 5.75 Å². The molecule has 0 saturated carbocycles. The molecule has 0 aliphatic rings. The van der Waals surface area contributed by atoms with Gasteiger partial charge in [-0.25, -0.2) is 0 Å². The van der Waals surface area contributed by atoms with Gasteiger partial charge in [0.25, 0.3) is 5.91 Å². The number of carbonyl (C=O) groups is 3. The van der Waals surface area contributed by atoms with E-state index < -0.39 is 5.97 Å². The molecular formula is C24H22N2O4. The molecule has 0 saturated heterocycles. The number of anilines is 1. The van der Waals surface area contributed by atoms with Crippen molar-refractivity contribution in [3.05, 3.63) is 95.6 Å². The van der Waals surface area contributed by atoms with Crippen LogP contribution in [0.5, 0.6) is 5.75 Å². The Kier molecular flexibility index (Phi) is 6.95. The molecule has 0 heterocycles. The van der Waals surface area contributed by atoms with Crippen LogP contribution >= 0.6 is 0 Å². The van der Waals surface area contributed by atoms with Gasteiger partial charge in [0.15, 0.2) is 0 Å². The Morgan fingerprint density at radius 3 is 2.33 bits per heavy atom. The van der Waals surface area contributed by atoms with Crippen molar-refractivity contribution in [1.82, 2.24) is 5.32 Å². The van der Waals surface area contributed by atoms with E-state index in [1.54, 1.807) is 30.3 Å². The first kappa shape index (κ1) is 20.8. The zero-order valence-corrected chi connectivity index (χ0v) is 16.6. The summed E-state index contributed by atoms with van der Waals surface area (Å²) in [6, 6.07) is 23.2. The fraction of sp³-hybridized carbons (Fsp3) is 0.125. The first-order valence-corrected chi connectivity index (χ1v) is 9.49. The number of carbonyl (C=O) groups excluding carboxylic acids is 3. The van der Waals surface area contributed by atoms with Crippen LogP contribution < -0.4 is 15.4 Å². The van der Waals surface area contributed by atoms with Gasteiger partial charge in [0.1, 0.15) is 5.75 Å². The average molecular weight is 402 g/mol. The molecule has 6 nitrogen and oxygen atoms in total. The lowest BCUT2D eigenvalue weighted by molar-refractivity contribution is -0.131. The van der Waals surface area contributed by atoms with E-state index in [2.05, 4.69) is 10.6 Å². The highest BCUT2D eigenvalue weighted by Crippen LogP contribution is 2.16. The maximum atomic E-state index is 12.5. The van der Waals surface area contributed by atoms with E-state index in [4.69, 9.17) is 4.74 Å². The molecule has 3 aromatic rings. The van der Waals surface area contributed by atoms with Gasteiger partial charge in [-0.05, 0) is 41.5 Å². The Morgan fingerprint density at radius 1 is 0.833 bits per heavy atom. The lowest BCUT2D eigenvalue weighted by Crippen LogP contribution is -2.24. The highest BCUT2D eigenvalue weighted by molar-refractivity contribution is 6.04. The van der Waals surface area contributed by atoms with E-state index in [9.17, 15) is 14.4 Å². The summed E-state index contributed by atoms with van der Waals surface area (Å²) in [5, 5.41) is 5.70. The molecule has 3 aromatic carbocycles. The van der Waals surface area contributed by atoms with Gasteiger partial charge in [0.05, 0.1) is 6.42 Å². The van der Waals surface area contributed by atoms with Crippen LogP contribution in [0.2, 0.25) is 0 Å². The van der Waals surface area contributed by atoms with Gasteiger partial charge in [-0.3, -0.25) is 14.4 Å². The Morgan fingerprint density at radius 2 is 1.57 bits per heavy atom. The maximum absolute atomic E-state index is 12.5. The standard InChI is InChI=1S/C24H22N2O4/c1-17(27)30-22-12-6-10-20(15-22)24(29)26-21-11-5-9-19(13-21)16-25-23(28)14-18-7-3-2-4-8-18/h2-13,15H,14,16H2,1H3,(H,25,28)(H,26,29). The summed E-state index contributed by atoms with van der Waals surface area (Å²) < 4.78 is 5.01. The van der Waals surface area contributed by atoms with Crippen molar-refractivity contribution in [2.24, 2.45) is 0 Å². The predicted octanol–water partition coefficient (Wildman–Crippen LogP) is 3.72. The molecule has 0 fully saturated rings. The molecule has 0 unspecified atom stereocenters. The highest BCUT2D eigenvalue weighted by atomic mass is 16.5. The number of hydrogen-bond donors (Lipinski definition) is 2. The molecule has 0 spiro atoms. The molecule has 2 N–H and O–H groups in total. The third kappa shape index (κ3) is 6.31. The molecule has 0 bridgehead atoms. The average Bonchev–Trinajstić information content (AvgIpc) is 2.73.